The van der Waals surface area contributed by atoms with E-state index < -0.39 is 4.92 Å². The molecule has 0 fully saturated rings. The van der Waals surface area contributed by atoms with Crippen LogP contribution in [0, 0.1) is 10.1 Å². The smallest absolute Gasteiger partial charge is 0.307 e. The van der Waals surface area contributed by atoms with Gasteiger partial charge in [-0.2, -0.15) is 10.1 Å². The minimum Gasteiger partial charge on any atom is -0.473 e. The van der Waals surface area contributed by atoms with E-state index in [1.54, 1.807) is 5.38 Å². The minimum atomic E-state index is -0.507. The maximum atomic E-state index is 10.4. The number of ether oxygens (including phenoxy) is 1. The molecule has 2 rings (SSSR count). The third-order valence-corrected chi connectivity index (χ3v) is 2.45. The summed E-state index contributed by atoms with van der Waals surface area (Å²) in [5, 5.41) is 16.4. The molecule has 0 saturated carbocycles. The van der Waals surface area contributed by atoms with Gasteiger partial charge < -0.3 is 4.74 Å². The van der Waals surface area contributed by atoms with Crippen LogP contribution in [0.5, 0.6) is 5.19 Å². The molecule has 0 N–H and O–H groups in total. The van der Waals surface area contributed by atoms with E-state index in [1.807, 2.05) is 0 Å². The Kier molecular flexibility index (Phi) is 2.34. The molecule has 0 spiro atoms. The van der Waals surface area contributed by atoms with Gasteiger partial charge in [0.25, 0.3) is 5.19 Å². The highest BCUT2D eigenvalue weighted by atomic mass is 32.1. The first-order chi connectivity index (χ1) is 7.20. The van der Waals surface area contributed by atoms with Gasteiger partial charge >= 0.3 is 5.69 Å². The fourth-order valence-corrected chi connectivity index (χ4v) is 1.59. The highest BCUT2D eigenvalue weighted by Gasteiger charge is 2.11. The molecule has 2 aromatic heterocycles. The number of methoxy groups -OCH3 is 1. The zero-order valence-corrected chi connectivity index (χ0v) is 8.47. The van der Waals surface area contributed by atoms with Gasteiger partial charge in [-0.15, -0.1) is 0 Å². The number of nitro groups is 1. The van der Waals surface area contributed by atoms with Crippen molar-refractivity contribution in [3.05, 3.63) is 27.9 Å². The van der Waals surface area contributed by atoms with Crippen LogP contribution in [-0.2, 0) is 0 Å². The predicted octanol–water partition coefficient (Wildman–Crippen LogP) is 1.25. The Morgan fingerprint density at radius 2 is 2.47 bits per heavy atom. The fourth-order valence-electron chi connectivity index (χ4n) is 0.981. The lowest BCUT2D eigenvalue weighted by Crippen LogP contribution is -1.94. The van der Waals surface area contributed by atoms with E-state index in [4.69, 9.17) is 4.74 Å². The molecule has 0 aliphatic carbocycles. The van der Waals surface area contributed by atoms with Crippen LogP contribution >= 0.6 is 11.3 Å². The molecule has 0 aliphatic rings. The molecular formula is C7H6N4O3S. The van der Waals surface area contributed by atoms with Gasteiger partial charge in [0.15, 0.2) is 5.82 Å². The molecule has 0 atom stereocenters. The Balaban J connectivity index is 2.32. The van der Waals surface area contributed by atoms with E-state index in [0.717, 1.165) is 0 Å². The zero-order chi connectivity index (χ0) is 10.8. The molecule has 0 aliphatic heterocycles. The quantitative estimate of drug-likeness (QED) is 0.580. The van der Waals surface area contributed by atoms with Crippen LogP contribution < -0.4 is 4.74 Å². The van der Waals surface area contributed by atoms with Crippen molar-refractivity contribution in [1.82, 2.24) is 14.8 Å². The SMILES string of the molecule is COc1nc(-n2cc([N+](=O)[O-])cn2)cs1. The summed E-state index contributed by atoms with van der Waals surface area (Å²) < 4.78 is 6.23. The summed E-state index contributed by atoms with van der Waals surface area (Å²) in [7, 11) is 1.51. The topological polar surface area (TPSA) is 83.1 Å². The van der Waals surface area contributed by atoms with Crippen molar-refractivity contribution < 1.29 is 9.66 Å². The second-order valence-electron chi connectivity index (χ2n) is 2.58. The normalized spacial score (nSPS) is 10.2. The maximum Gasteiger partial charge on any atom is 0.307 e. The van der Waals surface area contributed by atoms with Crippen molar-refractivity contribution in [3.8, 4) is 11.0 Å². The molecular weight excluding hydrogens is 220 g/mol. The monoisotopic (exact) mass is 226 g/mol. The summed E-state index contributed by atoms with van der Waals surface area (Å²) in [6.45, 7) is 0. The second-order valence-corrected chi connectivity index (χ2v) is 3.40. The Labute approximate surface area is 88.1 Å². The van der Waals surface area contributed by atoms with Gasteiger partial charge in [0.2, 0.25) is 0 Å². The number of nitrogens with zero attached hydrogens (tertiary/aromatic N) is 4. The Morgan fingerprint density at radius 1 is 1.67 bits per heavy atom. The summed E-state index contributed by atoms with van der Waals surface area (Å²) in [4.78, 5) is 14.0. The van der Waals surface area contributed by atoms with Gasteiger partial charge in [0.1, 0.15) is 12.4 Å². The second kappa shape index (κ2) is 3.65. The van der Waals surface area contributed by atoms with Crippen molar-refractivity contribution in [1.29, 1.82) is 0 Å². The molecule has 0 unspecified atom stereocenters. The highest BCUT2D eigenvalue weighted by Crippen LogP contribution is 2.21. The van der Waals surface area contributed by atoms with Gasteiger partial charge in [-0.3, -0.25) is 10.1 Å². The summed E-state index contributed by atoms with van der Waals surface area (Å²) in [6, 6.07) is 0. The average molecular weight is 226 g/mol. The van der Waals surface area contributed by atoms with Gasteiger partial charge in [-0.25, -0.2) is 4.68 Å². The van der Waals surface area contributed by atoms with Crippen LogP contribution in [-0.4, -0.2) is 26.8 Å². The van der Waals surface area contributed by atoms with Gasteiger partial charge in [0.05, 0.1) is 12.0 Å². The average Bonchev–Trinajstić information content (AvgIpc) is 2.86. The fraction of sp³-hybridized carbons (Fsp3) is 0.143. The van der Waals surface area contributed by atoms with Gasteiger partial charge in [-0.05, 0) is 0 Å². The lowest BCUT2D eigenvalue weighted by atomic mass is 10.6. The number of thiazole rings is 1. The van der Waals surface area contributed by atoms with E-state index in [1.165, 1.54) is 35.5 Å². The van der Waals surface area contributed by atoms with E-state index in [0.29, 0.717) is 11.0 Å². The lowest BCUT2D eigenvalue weighted by molar-refractivity contribution is -0.384. The first-order valence-electron chi connectivity index (χ1n) is 3.89. The predicted molar refractivity (Wildman–Crippen MR) is 52.4 cm³/mol. The number of hydrogen-bond donors (Lipinski definition) is 0. The van der Waals surface area contributed by atoms with Crippen molar-refractivity contribution in [2.24, 2.45) is 0 Å². The summed E-state index contributed by atoms with van der Waals surface area (Å²) in [5.41, 5.74) is -0.0676. The number of hydrogen-bond acceptors (Lipinski definition) is 6. The number of rotatable bonds is 3. The molecule has 0 bridgehead atoms. The van der Waals surface area contributed by atoms with Crippen LogP contribution in [0.4, 0.5) is 5.69 Å². The molecule has 0 amide bonds. The Hall–Kier alpha value is -1.96. The van der Waals surface area contributed by atoms with Crippen molar-refractivity contribution in [3.63, 3.8) is 0 Å². The van der Waals surface area contributed by atoms with Crippen LogP contribution in [0.15, 0.2) is 17.8 Å². The Bertz CT molecular complexity index is 492. The maximum absolute atomic E-state index is 10.4. The lowest BCUT2D eigenvalue weighted by Gasteiger charge is -1.92. The number of aromatic nitrogens is 3. The van der Waals surface area contributed by atoms with Gasteiger partial charge in [-0.1, -0.05) is 11.3 Å². The molecule has 0 saturated heterocycles. The third-order valence-electron chi connectivity index (χ3n) is 1.66. The van der Waals surface area contributed by atoms with Crippen molar-refractivity contribution in [2.45, 2.75) is 0 Å². The zero-order valence-electron chi connectivity index (χ0n) is 7.65. The van der Waals surface area contributed by atoms with Crippen LogP contribution in [0.3, 0.4) is 0 Å². The summed E-state index contributed by atoms with van der Waals surface area (Å²) >= 11 is 1.30. The van der Waals surface area contributed by atoms with E-state index in [2.05, 4.69) is 10.1 Å². The van der Waals surface area contributed by atoms with E-state index in [-0.39, 0.29) is 5.69 Å². The molecule has 2 heterocycles. The van der Waals surface area contributed by atoms with E-state index >= 15 is 0 Å². The molecule has 2 aromatic rings. The van der Waals surface area contributed by atoms with E-state index in [9.17, 15) is 10.1 Å². The molecule has 78 valence electrons. The summed E-state index contributed by atoms with van der Waals surface area (Å²) in [5.74, 6) is 0.505. The largest absolute Gasteiger partial charge is 0.473 e. The Morgan fingerprint density at radius 3 is 3.00 bits per heavy atom. The molecule has 0 aromatic carbocycles. The first-order valence-corrected chi connectivity index (χ1v) is 4.77. The highest BCUT2D eigenvalue weighted by molar-refractivity contribution is 7.11. The third kappa shape index (κ3) is 1.79. The summed E-state index contributed by atoms with van der Waals surface area (Å²) in [6.07, 6.45) is 2.47. The van der Waals surface area contributed by atoms with Crippen molar-refractivity contribution >= 4 is 17.0 Å². The molecule has 8 heteroatoms. The standard InChI is InChI=1S/C7H6N4O3S/c1-14-7-9-6(4-15-7)10-3-5(2-8-10)11(12)13/h2-4H,1H3. The minimum absolute atomic E-state index is 0.0676. The molecule has 15 heavy (non-hydrogen) atoms. The van der Waals surface area contributed by atoms with Gasteiger partial charge in [0, 0.05) is 5.38 Å². The first kappa shape index (κ1) is 9.59. The molecule has 0 radical (unpaired) electrons. The molecule has 7 nitrogen and oxygen atoms in total. The van der Waals surface area contributed by atoms with Crippen LogP contribution in [0.25, 0.3) is 5.82 Å². The van der Waals surface area contributed by atoms with Crippen molar-refractivity contribution in [2.75, 3.05) is 7.11 Å². The van der Waals surface area contributed by atoms with Crippen LogP contribution in [0.2, 0.25) is 0 Å². The van der Waals surface area contributed by atoms with Crippen LogP contribution in [0.1, 0.15) is 0 Å².